The highest BCUT2D eigenvalue weighted by molar-refractivity contribution is 7.71. The van der Waals surface area contributed by atoms with Crippen LogP contribution in [-0.4, -0.2) is 9.55 Å². The number of rotatable bonds is 2. The maximum absolute atomic E-state index is 6.22. The molecule has 0 atom stereocenters. The number of nitrogens with zero attached hydrogens (tertiary/aromatic N) is 1. The van der Waals surface area contributed by atoms with Gasteiger partial charge in [0.25, 0.3) is 0 Å². The largest absolute Gasteiger partial charge is 0.337 e. The van der Waals surface area contributed by atoms with Crippen molar-refractivity contribution in [3.05, 3.63) is 44.9 Å². The van der Waals surface area contributed by atoms with Crippen LogP contribution in [0, 0.1) is 4.77 Å². The van der Waals surface area contributed by atoms with Gasteiger partial charge in [0.2, 0.25) is 0 Å². The van der Waals surface area contributed by atoms with Gasteiger partial charge in [0, 0.05) is 11.9 Å². The van der Waals surface area contributed by atoms with Crippen LogP contribution in [0.4, 0.5) is 0 Å². The molecule has 0 saturated heterocycles. The second-order valence-corrected chi connectivity index (χ2v) is 5.25. The van der Waals surface area contributed by atoms with Gasteiger partial charge >= 0.3 is 0 Å². The Morgan fingerprint density at radius 3 is 2.65 bits per heavy atom. The van der Waals surface area contributed by atoms with Gasteiger partial charge in [-0.05, 0) is 30.3 Å². The lowest BCUT2D eigenvalue weighted by atomic mass is 10.1. The number of imidazole rings is 1. The molecule has 0 unspecified atom stereocenters. The van der Waals surface area contributed by atoms with E-state index in [0.717, 1.165) is 11.4 Å². The number of hydrogen-bond donors (Lipinski definition) is 1. The zero-order valence-corrected chi connectivity index (χ0v) is 11.8. The van der Waals surface area contributed by atoms with E-state index in [-0.39, 0.29) is 0 Å². The standard InChI is InChI=1S/C12H12Cl2N2S/c1-7(2)10-6-15-12(17)16(10)9-5-3-4-8(13)11(9)14/h3-7H,1-2H3,(H,15,17). The molecule has 2 aromatic rings. The van der Waals surface area contributed by atoms with Crippen molar-refractivity contribution < 1.29 is 0 Å². The molecular formula is C12H12Cl2N2S. The maximum atomic E-state index is 6.22. The van der Waals surface area contributed by atoms with Gasteiger partial charge in [0.05, 0.1) is 15.7 Å². The molecular weight excluding hydrogens is 275 g/mol. The zero-order chi connectivity index (χ0) is 12.6. The second kappa shape index (κ2) is 4.84. The number of hydrogen-bond acceptors (Lipinski definition) is 1. The lowest BCUT2D eigenvalue weighted by Crippen LogP contribution is -2.02. The fraction of sp³-hybridized carbons (Fsp3) is 0.250. The van der Waals surface area contributed by atoms with Crippen LogP contribution in [0.2, 0.25) is 10.0 Å². The van der Waals surface area contributed by atoms with Crippen molar-refractivity contribution in [3.8, 4) is 5.69 Å². The summed E-state index contributed by atoms with van der Waals surface area (Å²) in [6.07, 6.45) is 1.91. The predicted molar refractivity (Wildman–Crippen MR) is 75.1 cm³/mol. The normalized spacial score (nSPS) is 11.1. The van der Waals surface area contributed by atoms with E-state index in [1.807, 2.05) is 22.9 Å². The van der Waals surface area contributed by atoms with Gasteiger partial charge in [-0.2, -0.15) is 0 Å². The summed E-state index contributed by atoms with van der Waals surface area (Å²) in [4.78, 5) is 3.04. The molecule has 5 heteroatoms. The summed E-state index contributed by atoms with van der Waals surface area (Å²) >= 11 is 17.5. The summed E-state index contributed by atoms with van der Waals surface area (Å²) in [6, 6.07) is 5.53. The highest BCUT2D eigenvalue weighted by Gasteiger charge is 2.13. The molecule has 17 heavy (non-hydrogen) atoms. The lowest BCUT2D eigenvalue weighted by Gasteiger charge is -2.13. The van der Waals surface area contributed by atoms with Crippen molar-refractivity contribution >= 4 is 35.4 Å². The third-order valence-corrected chi connectivity index (χ3v) is 3.68. The topological polar surface area (TPSA) is 20.7 Å². The van der Waals surface area contributed by atoms with Gasteiger partial charge in [0.15, 0.2) is 4.77 Å². The minimum Gasteiger partial charge on any atom is -0.337 e. The molecule has 90 valence electrons. The fourth-order valence-corrected chi connectivity index (χ4v) is 2.36. The van der Waals surface area contributed by atoms with Gasteiger partial charge in [0.1, 0.15) is 0 Å². The SMILES string of the molecule is CC(C)c1c[nH]c(=S)n1-c1cccc(Cl)c1Cl. The Morgan fingerprint density at radius 2 is 2.00 bits per heavy atom. The first-order valence-electron chi connectivity index (χ1n) is 5.27. The van der Waals surface area contributed by atoms with Crippen molar-refractivity contribution in [2.45, 2.75) is 19.8 Å². The number of benzene rings is 1. The van der Waals surface area contributed by atoms with Gasteiger partial charge in [-0.15, -0.1) is 0 Å². The molecule has 2 rings (SSSR count). The van der Waals surface area contributed by atoms with Crippen LogP contribution in [0.1, 0.15) is 25.5 Å². The van der Waals surface area contributed by atoms with Crippen LogP contribution in [0.3, 0.4) is 0 Å². The van der Waals surface area contributed by atoms with E-state index in [1.54, 1.807) is 6.07 Å². The first-order chi connectivity index (χ1) is 8.02. The quantitative estimate of drug-likeness (QED) is 0.774. The van der Waals surface area contributed by atoms with Crippen molar-refractivity contribution in [2.24, 2.45) is 0 Å². The number of nitrogens with one attached hydrogen (secondary N) is 1. The summed E-state index contributed by atoms with van der Waals surface area (Å²) in [5.41, 5.74) is 1.90. The minimum absolute atomic E-state index is 0.345. The Balaban J connectivity index is 2.72. The average molecular weight is 287 g/mol. The molecule has 0 aliphatic rings. The molecule has 0 saturated carbocycles. The first kappa shape index (κ1) is 12.7. The zero-order valence-electron chi connectivity index (χ0n) is 9.50. The Bertz CT molecular complexity index is 599. The van der Waals surface area contributed by atoms with E-state index in [1.165, 1.54) is 0 Å². The van der Waals surface area contributed by atoms with Crippen molar-refractivity contribution in [1.29, 1.82) is 0 Å². The van der Waals surface area contributed by atoms with E-state index in [9.17, 15) is 0 Å². The molecule has 1 aromatic heterocycles. The molecule has 1 aromatic carbocycles. The van der Waals surface area contributed by atoms with Crippen LogP contribution in [0.25, 0.3) is 5.69 Å². The second-order valence-electron chi connectivity index (χ2n) is 4.08. The predicted octanol–water partition coefficient (Wildman–Crippen LogP) is 4.97. The third kappa shape index (κ3) is 2.28. The summed E-state index contributed by atoms with van der Waals surface area (Å²) in [6.45, 7) is 4.21. The Labute approximate surface area is 115 Å². The molecule has 1 N–H and O–H groups in total. The van der Waals surface area contributed by atoms with Crippen molar-refractivity contribution in [1.82, 2.24) is 9.55 Å². The Kier molecular flexibility index (Phi) is 3.61. The third-order valence-electron chi connectivity index (χ3n) is 2.57. The smallest absolute Gasteiger partial charge is 0.182 e. The minimum atomic E-state index is 0.345. The highest BCUT2D eigenvalue weighted by Crippen LogP contribution is 2.30. The fourth-order valence-electron chi connectivity index (χ4n) is 1.72. The molecule has 0 fully saturated rings. The number of halogens is 2. The molecule has 0 amide bonds. The Morgan fingerprint density at radius 1 is 1.29 bits per heavy atom. The first-order valence-corrected chi connectivity index (χ1v) is 6.43. The Hall–Kier alpha value is -0.770. The highest BCUT2D eigenvalue weighted by atomic mass is 35.5. The summed E-state index contributed by atoms with van der Waals surface area (Å²) in [5.74, 6) is 0.345. The molecule has 0 radical (unpaired) electrons. The van der Waals surface area contributed by atoms with Gasteiger partial charge < -0.3 is 4.98 Å². The van der Waals surface area contributed by atoms with E-state index in [2.05, 4.69) is 18.8 Å². The number of aromatic amines is 1. The number of H-pyrrole nitrogens is 1. The van der Waals surface area contributed by atoms with E-state index in [0.29, 0.717) is 20.7 Å². The van der Waals surface area contributed by atoms with E-state index in [4.69, 9.17) is 35.4 Å². The number of aromatic nitrogens is 2. The summed E-state index contributed by atoms with van der Waals surface area (Å²) < 4.78 is 2.55. The molecule has 1 heterocycles. The van der Waals surface area contributed by atoms with Crippen molar-refractivity contribution in [3.63, 3.8) is 0 Å². The average Bonchev–Trinajstić information content (AvgIpc) is 2.65. The molecule has 0 bridgehead atoms. The van der Waals surface area contributed by atoms with Gasteiger partial charge in [-0.3, -0.25) is 4.57 Å². The van der Waals surface area contributed by atoms with E-state index < -0.39 is 0 Å². The van der Waals surface area contributed by atoms with Gasteiger partial charge in [-0.25, -0.2) is 0 Å². The molecule has 0 aliphatic heterocycles. The lowest BCUT2D eigenvalue weighted by molar-refractivity contribution is 0.783. The maximum Gasteiger partial charge on any atom is 0.182 e. The summed E-state index contributed by atoms with van der Waals surface area (Å²) in [7, 11) is 0. The molecule has 0 spiro atoms. The monoisotopic (exact) mass is 286 g/mol. The van der Waals surface area contributed by atoms with Crippen LogP contribution in [-0.2, 0) is 0 Å². The van der Waals surface area contributed by atoms with Crippen LogP contribution >= 0.6 is 35.4 Å². The molecule has 2 nitrogen and oxygen atoms in total. The summed E-state index contributed by atoms with van der Waals surface area (Å²) in [5, 5.41) is 1.05. The van der Waals surface area contributed by atoms with Crippen LogP contribution in [0.15, 0.2) is 24.4 Å². The van der Waals surface area contributed by atoms with Crippen molar-refractivity contribution in [2.75, 3.05) is 0 Å². The van der Waals surface area contributed by atoms with E-state index >= 15 is 0 Å². The van der Waals surface area contributed by atoms with Crippen LogP contribution in [0.5, 0.6) is 0 Å². The van der Waals surface area contributed by atoms with Gasteiger partial charge in [-0.1, -0.05) is 43.1 Å². The molecule has 0 aliphatic carbocycles. The van der Waals surface area contributed by atoms with Crippen LogP contribution < -0.4 is 0 Å².